The van der Waals surface area contributed by atoms with Gasteiger partial charge >= 0.3 is 6.09 Å². The average molecular weight is 661 g/mol. The number of nitrogens with zero attached hydrogens (tertiary/aromatic N) is 5. The Hall–Kier alpha value is -3.26. The number of nitrogens with two attached hydrogens (primary N) is 1. The summed E-state index contributed by atoms with van der Waals surface area (Å²) in [5.41, 5.74) is 5.32. The predicted molar refractivity (Wildman–Crippen MR) is 158 cm³/mol. The summed E-state index contributed by atoms with van der Waals surface area (Å²) >= 11 is 5.01. The topological polar surface area (TPSA) is 147 Å². The van der Waals surface area contributed by atoms with Crippen molar-refractivity contribution in [3.63, 3.8) is 0 Å². The van der Waals surface area contributed by atoms with Crippen molar-refractivity contribution in [3.05, 3.63) is 22.9 Å². The lowest BCUT2D eigenvalue weighted by Gasteiger charge is -2.35. The zero-order chi connectivity index (χ0) is 29.6. The largest absolute Gasteiger partial charge is 0.454 e. The molecule has 0 bridgehead atoms. The number of aryl methyl sites for hydroxylation is 1. The maximum absolute atomic E-state index is 13.3. The van der Waals surface area contributed by atoms with Gasteiger partial charge in [-0.2, -0.15) is 0 Å². The molecule has 1 saturated carbocycles. The molecule has 14 heteroatoms. The number of anilines is 1. The Morgan fingerprint density at radius 1 is 1.19 bits per heavy atom. The monoisotopic (exact) mass is 659 g/mol. The number of alkyl carbamates (subject to hydrolysis) is 1. The average Bonchev–Trinajstić information content (AvgIpc) is 3.34. The SMILES string of the molecule is CC(C)(C)OC(=O)NC1(C(=O)N2CCC(CCn3cnc(N)c4nc(Sc5cc6c(cc5Br)OCO6)nc3-4)CC2)CC1. The summed E-state index contributed by atoms with van der Waals surface area (Å²) in [7, 11) is 0. The summed E-state index contributed by atoms with van der Waals surface area (Å²) in [6, 6.07) is 3.79. The summed E-state index contributed by atoms with van der Waals surface area (Å²) < 4.78 is 19.2. The van der Waals surface area contributed by atoms with E-state index in [1.165, 1.54) is 11.8 Å². The number of nitrogen functional groups attached to an aromatic ring is 1. The molecular weight excluding hydrogens is 626 g/mol. The molecular formula is C28H34BrN7O5S. The number of halogens is 1. The smallest absolute Gasteiger partial charge is 0.408 e. The molecule has 4 heterocycles. The standard InChI is InChI=1S/C28H34BrN7O5S/c1-27(2,3)41-26(38)34-28(7-8-28)24(37)35-9-4-16(5-10-35)6-11-36-14-31-22(30)21-23(36)33-25(32-21)42-20-13-19-18(12-17(20)29)39-15-40-19/h12-14,16H,4-11,15,30H2,1-3H3,(H,34,38). The molecule has 12 nitrogen and oxygen atoms in total. The molecule has 1 aromatic carbocycles. The van der Waals surface area contributed by atoms with Crippen molar-refractivity contribution < 1.29 is 23.8 Å². The van der Waals surface area contributed by atoms with E-state index in [0.717, 1.165) is 28.6 Å². The number of hydrogen-bond acceptors (Lipinski definition) is 10. The van der Waals surface area contributed by atoms with Crippen LogP contribution in [0.1, 0.15) is 52.9 Å². The lowest BCUT2D eigenvalue weighted by atomic mass is 9.93. The second-order valence-corrected chi connectivity index (χ2v) is 13.8. The fourth-order valence-electron chi connectivity index (χ4n) is 5.28. The number of likely N-dealkylation sites (tertiary alicyclic amines) is 1. The van der Waals surface area contributed by atoms with Gasteiger partial charge in [-0.05, 0) is 98.6 Å². The number of aromatic nitrogens is 4. The molecule has 6 rings (SSSR count). The molecule has 42 heavy (non-hydrogen) atoms. The fourth-order valence-corrected chi connectivity index (χ4v) is 6.64. The second kappa shape index (κ2) is 11.1. The van der Waals surface area contributed by atoms with Crippen molar-refractivity contribution >= 4 is 45.5 Å². The van der Waals surface area contributed by atoms with Crippen LogP contribution in [0.25, 0.3) is 11.5 Å². The van der Waals surface area contributed by atoms with Crippen LogP contribution in [-0.4, -0.2) is 67.4 Å². The number of benzene rings is 1. The maximum atomic E-state index is 13.3. The molecule has 0 spiro atoms. The number of carbonyl (C=O) groups is 2. The first-order valence-electron chi connectivity index (χ1n) is 14.1. The molecule has 1 aromatic rings. The molecule has 4 aliphatic heterocycles. The Labute approximate surface area is 256 Å². The minimum absolute atomic E-state index is 0.00295. The van der Waals surface area contributed by atoms with E-state index >= 15 is 0 Å². The highest BCUT2D eigenvalue weighted by Crippen LogP contribution is 2.43. The molecule has 0 unspecified atom stereocenters. The van der Waals surface area contributed by atoms with Crippen LogP contribution in [0.3, 0.4) is 0 Å². The van der Waals surface area contributed by atoms with Crippen LogP contribution in [0.5, 0.6) is 11.5 Å². The Balaban J connectivity index is 1.05. The number of imidazole rings is 1. The zero-order valence-corrected chi connectivity index (χ0v) is 26.2. The number of piperidine rings is 1. The summed E-state index contributed by atoms with van der Waals surface area (Å²) in [5, 5.41) is 3.40. The summed E-state index contributed by atoms with van der Waals surface area (Å²) in [6.07, 6.45) is 5.18. The van der Waals surface area contributed by atoms with E-state index in [9.17, 15) is 9.59 Å². The van der Waals surface area contributed by atoms with Crippen molar-refractivity contribution in [2.45, 2.75) is 80.6 Å². The number of carbonyl (C=O) groups excluding carboxylic acids is 2. The van der Waals surface area contributed by atoms with E-state index < -0.39 is 17.2 Å². The molecule has 224 valence electrons. The van der Waals surface area contributed by atoms with E-state index in [1.807, 2.05) is 42.4 Å². The maximum Gasteiger partial charge on any atom is 0.408 e. The molecule has 2 amide bonds. The van der Waals surface area contributed by atoms with Crippen LogP contribution >= 0.6 is 27.7 Å². The first-order valence-corrected chi connectivity index (χ1v) is 15.7. The van der Waals surface area contributed by atoms with Crippen LogP contribution < -0.4 is 20.5 Å². The van der Waals surface area contributed by atoms with E-state index in [4.69, 9.17) is 24.9 Å². The molecule has 2 fully saturated rings. The van der Waals surface area contributed by atoms with Crippen molar-refractivity contribution in [1.29, 1.82) is 0 Å². The predicted octanol–water partition coefficient (Wildman–Crippen LogP) is 4.69. The molecule has 3 N–H and O–H groups in total. The van der Waals surface area contributed by atoms with Crippen molar-refractivity contribution in [2.24, 2.45) is 5.92 Å². The number of rotatable bonds is 7. The van der Waals surface area contributed by atoms with Gasteiger partial charge in [-0.25, -0.2) is 19.7 Å². The summed E-state index contributed by atoms with van der Waals surface area (Å²) in [6.45, 7) is 7.69. The van der Waals surface area contributed by atoms with Gasteiger partial charge < -0.3 is 34.7 Å². The summed E-state index contributed by atoms with van der Waals surface area (Å²) in [5.74, 6) is 2.86. The quantitative estimate of drug-likeness (QED) is 0.366. The van der Waals surface area contributed by atoms with Crippen molar-refractivity contribution in [1.82, 2.24) is 29.7 Å². The first-order chi connectivity index (χ1) is 20.0. The Morgan fingerprint density at radius 2 is 1.90 bits per heavy atom. The number of amides is 2. The fraction of sp³-hybridized carbons (Fsp3) is 0.536. The van der Waals surface area contributed by atoms with Gasteiger partial charge in [0.05, 0.1) is 6.33 Å². The molecule has 1 saturated heterocycles. The van der Waals surface area contributed by atoms with Gasteiger partial charge in [-0.3, -0.25) is 4.79 Å². The lowest BCUT2D eigenvalue weighted by molar-refractivity contribution is -0.136. The molecule has 0 radical (unpaired) electrons. The van der Waals surface area contributed by atoms with E-state index in [-0.39, 0.29) is 12.7 Å². The van der Waals surface area contributed by atoms with Crippen molar-refractivity contribution in [2.75, 3.05) is 25.6 Å². The van der Waals surface area contributed by atoms with Gasteiger partial charge in [0.1, 0.15) is 11.1 Å². The zero-order valence-electron chi connectivity index (χ0n) is 23.8. The number of ether oxygens (including phenoxy) is 3. The van der Waals surface area contributed by atoms with Crippen LogP contribution in [0.15, 0.2) is 33.0 Å². The van der Waals surface area contributed by atoms with Crippen LogP contribution in [0.2, 0.25) is 0 Å². The molecule has 0 aromatic heterocycles. The van der Waals surface area contributed by atoms with Gasteiger partial charge in [-0.15, -0.1) is 0 Å². The number of fused-ring (bicyclic) bond motifs is 2. The number of hydrogen-bond donors (Lipinski definition) is 2. The Bertz CT molecular complexity index is 1480. The van der Waals surface area contributed by atoms with Gasteiger partial charge in [0.15, 0.2) is 34.0 Å². The van der Waals surface area contributed by atoms with Gasteiger partial charge in [0.25, 0.3) is 0 Å². The third kappa shape index (κ3) is 6.10. The lowest BCUT2D eigenvalue weighted by Crippen LogP contribution is -2.53. The van der Waals surface area contributed by atoms with E-state index in [1.54, 1.807) is 6.33 Å². The highest BCUT2D eigenvalue weighted by Gasteiger charge is 2.54. The molecule has 5 aliphatic rings. The minimum Gasteiger partial charge on any atom is -0.454 e. The van der Waals surface area contributed by atoms with E-state index in [2.05, 4.69) is 31.2 Å². The van der Waals surface area contributed by atoms with Gasteiger partial charge in [0.2, 0.25) is 12.7 Å². The van der Waals surface area contributed by atoms with Crippen molar-refractivity contribution in [3.8, 4) is 23.0 Å². The highest BCUT2D eigenvalue weighted by molar-refractivity contribution is 9.10. The van der Waals surface area contributed by atoms with Crippen LogP contribution in [0.4, 0.5) is 10.6 Å². The third-order valence-corrected chi connectivity index (χ3v) is 9.52. The van der Waals surface area contributed by atoms with E-state index in [0.29, 0.717) is 72.4 Å². The minimum atomic E-state index is -0.811. The number of nitrogens with one attached hydrogen (secondary N) is 1. The third-order valence-electron chi connectivity index (χ3n) is 7.68. The molecule has 0 atom stereocenters. The summed E-state index contributed by atoms with van der Waals surface area (Å²) in [4.78, 5) is 42.1. The Kier molecular flexibility index (Phi) is 7.62. The Morgan fingerprint density at radius 3 is 2.60 bits per heavy atom. The van der Waals surface area contributed by atoms with Gasteiger partial charge in [-0.1, -0.05) is 0 Å². The normalized spacial score (nSPS) is 17.9. The molecule has 1 aliphatic carbocycles. The van der Waals surface area contributed by atoms with Crippen LogP contribution in [0, 0.1) is 5.92 Å². The first kappa shape index (κ1) is 28.8. The van der Waals surface area contributed by atoms with Gasteiger partial charge in [0, 0.05) is 29.0 Å². The van der Waals surface area contributed by atoms with Crippen LogP contribution in [-0.2, 0) is 16.1 Å². The second-order valence-electron chi connectivity index (χ2n) is 12.0. The highest BCUT2D eigenvalue weighted by atomic mass is 79.9.